The van der Waals surface area contributed by atoms with Crippen molar-refractivity contribution in [1.29, 1.82) is 0 Å². The van der Waals surface area contributed by atoms with Crippen LogP contribution in [0.15, 0.2) is 28.9 Å². The van der Waals surface area contributed by atoms with Crippen LogP contribution in [0.2, 0.25) is 0 Å². The fraction of sp³-hybridized carbons (Fsp3) is 0.357. The molecule has 1 aromatic heterocycles. The molecule has 1 atom stereocenters. The Balaban J connectivity index is 2.10. The third-order valence-corrected chi connectivity index (χ3v) is 3.98. The van der Waals surface area contributed by atoms with Crippen LogP contribution in [0.4, 0.5) is 0 Å². The van der Waals surface area contributed by atoms with E-state index in [1.807, 2.05) is 32.2 Å². The monoisotopic (exact) mass is 340 g/mol. The molecule has 2 N–H and O–H groups in total. The Labute approximate surface area is 125 Å². The summed E-state index contributed by atoms with van der Waals surface area (Å²) in [7, 11) is 0. The van der Waals surface area contributed by atoms with Gasteiger partial charge < -0.3 is 10.5 Å². The van der Waals surface area contributed by atoms with Gasteiger partial charge in [-0.3, -0.25) is 0 Å². The molecular formula is C14H17BrN2OS. The maximum Gasteiger partial charge on any atom is 0.124 e. The van der Waals surface area contributed by atoms with Crippen molar-refractivity contribution < 1.29 is 4.74 Å². The zero-order valence-corrected chi connectivity index (χ0v) is 13.4. The van der Waals surface area contributed by atoms with E-state index in [0.717, 1.165) is 32.1 Å². The summed E-state index contributed by atoms with van der Waals surface area (Å²) in [5.74, 6) is 0.895. The molecule has 1 heterocycles. The second-order valence-corrected chi connectivity index (χ2v) is 6.80. The summed E-state index contributed by atoms with van der Waals surface area (Å²) in [6.07, 6.45) is 2.67. The van der Waals surface area contributed by atoms with Crippen molar-refractivity contribution in [2.45, 2.75) is 32.9 Å². The molecule has 0 saturated carbocycles. The van der Waals surface area contributed by atoms with E-state index in [1.165, 1.54) is 0 Å². The smallest absolute Gasteiger partial charge is 0.124 e. The van der Waals surface area contributed by atoms with Gasteiger partial charge >= 0.3 is 0 Å². The minimum absolute atomic E-state index is 0.113. The van der Waals surface area contributed by atoms with Crippen molar-refractivity contribution in [3.63, 3.8) is 0 Å². The van der Waals surface area contributed by atoms with Crippen molar-refractivity contribution in [3.8, 4) is 5.75 Å². The van der Waals surface area contributed by atoms with Crippen LogP contribution in [0.25, 0.3) is 0 Å². The van der Waals surface area contributed by atoms with Gasteiger partial charge in [0.1, 0.15) is 12.4 Å². The van der Waals surface area contributed by atoms with Crippen molar-refractivity contribution in [3.05, 3.63) is 44.3 Å². The Kier molecular flexibility index (Phi) is 4.96. The average Bonchev–Trinajstić information content (AvgIpc) is 2.73. The summed E-state index contributed by atoms with van der Waals surface area (Å²) in [6.45, 7) is 4.55. The lowest BCUT2D eigenvalue weighted by Crippen LogP contribution is -2.18. The highest BCUT2D eigenvalue weighted by Crippen LogP contribution is 2.25. The SMILES string of the molecule is Cc1ncc(COc2ccc(Br)cc2CC(C)N)s1. The number of nitrogens with two attached hydrogens (primary N) is 1. The first-order valence-corrected chi connectivity index (χ1v) is 7.73. The van der Waals surface area contributed by atoms with E-state index in [0.29, 0.717) is 6.61 Å². The highest BCUT2D eigenvalue weighted by molar-refractivity contribution is 9.10. The quantitative estimate of drug-likeness (QED) is 0.902. The summed E-state index contributed by atoms with van der Waals surface area (Å²) in [5, 5.41) is 1.06. The number of aryl methyl sites for hydroxylation is 1. The van der Waals surface area contributed by atoms with E-state index in [2.05, 4.69) is 27.0 Å². The van der Waals surface area contributed by atoms with Crippen LogP contribution in [-0.4, -0.2) is 11.0 Å². The number of thiazole rings is 1. The van der Waals surface area contributed by atoms with Crippen LogP contribution in [0.1, 0.15) is 22.4 Å². The lowest BCUT2D eigenvalue weighted by atomic mass is 10.1. The fourth-order valence-electron chi connectivity index (χ4n) is 1.82. The Hall–Kier alpha value is -0.910. The molecule has 2 aromatic rings. The predicted molar refractivity (Wildman–Crippen MR) is 82.7 cm³/mol. The number of halogens is 1. The normalized spacial score (nSPS) is 12.4. The summed E-state index contributed by atoms with van der Waals surface area (Å²) in [6, 6.07) is 6.15. The van der Waals surface area contributed by atoms with Crippen molar-refractivity contribution in [1.82, 2.24) is 4.98 Å². The molecule has 19 heavy (non-hydrogen) atoms. The van der Waals surface area contributed by atoms with Gasteiger partial charge in [-0.1, -0.05) is 15.9 Å². The van der Waals surface area contributed by atoms with Crippen LogP contribution in [0, 0.1) is 6.92 Å². The van der Waals surface area contributed by atoms with Gasteiger partial charge in [0, 0.05) is 16.7 Å². The van der Waals surface area contributed by atoms with Crippen molar-refractivity contribution >= 4 is 27.3 Å². The molecule has 2 rings (SSSR count). The molecule has 102 valence electrons. The highest BCUT2D eigenvalue weighted by atomic mass is 79.9. The zero-order valence-electron chi connectivity index (χ0n) is 11.0. The van der Waals surface area contributed by atoms with Gasteiger partial charge in [-0.25, -0.2) is 4.98 Å². The van der Waals surface area contributed by atoms with Gasteiger partial charge in [-0.2, -0.15) is 0 Å². The van der Waals surface area contributed by atoms with Crippen molar-refractivity contribution in [2.75, 3.05) is 0 Å². The van der Waals surface area contributed by atoms with Crippen molar-refractivity contribution in [2.24, 2.45) is 5.73 Å². The molecule has 0 saturated heterocycles. The molecule has 0 aliphatic rings. The number of benzene rings is 1. The summed E-state index contributed by atoms with van der Waals surface area (Å²) in [4.78, 5) is 5.36. The third-order valence-electron chi connectivity index (χ3n) is 2.60. The fourth-order valence-corrected chi connectivity index (χ4v) is 2.93. The van der Waals surface area contributed by atoms with Crippen LogP contribution in [0.3, 0.4) is 0 Å². The third kappa shape index (κ3) is 4.30. The summed E-state index contributed by atoms with van der Waals surface area (Å²) in [5.41, 5.74) is 7.01. The van der Waals surface area contributed by atoms with Gasteiger partial charge in [-0.05, 0) is 44.0 Å². The van der Waals surface area contributed by atoms with Crippen LogP contribution >= 0.6 is 27.3 Å². The maximum absolute atomic E-state index is 5.89. The number of hydrogen-bond acceptors (Lipinski definition) is 4. The van der Waals surface area contributed by atoms with Gasteiger partial charge in [0.25, 0.3) is 0 Å². The predicted octanol–water partition coefficient (Wildman–Crippen LogP) is 3.68. The van der Waals surface area contributed by atoms with E-state index in [4.69, 9.17) is 10.5 Å². The number of rotatable bonds is 5. The first kappa shape index (κ1) is 14.5. The molecule has 0 aliphatic heterocycles. The zero-order chi connectivity index (χ0) is 13.8. The van der Waals surface area contributed by atoms with Crippen LogP contribution in [0.5, 0.6) is 5.75 Å². The molecule has 0 spiro atoms. The molecular weight excluding hydrogens is 324 g/mol. The molecule has 3 nitrogen and oxygen atoms in total. The first-order chi connectivity index (χ1) is 9.04. The Morgan fingerprint density at radius 1 is 1.47 bits per heavy atom. The lowest BCUT2D eigenvalue weighted by molar-refractivity contribution is 0.305. The summed E-state index contributed by atoms with van der Waals surface area (Å²) < 4.78 is 6.93. The van der Waals surface area contributed by atoms with Gasteiger partial charge in [0.05, 0.1) is 9.88 Å². The van der Waals surface area contributed by atoms with E-state index in [-0.39, 0.29) is 6.04 Å². The standard InChI is InChI=1S/C14H17BrN2OS/c1-9(16)5-11-6-12(15)3-4-14(11)18-8-13-7-17-10(2)19-13/h3-4,6-7,9H,5,8,16H2,1-2H3. The van der Waals surface area contributed by atoms with Crippen LogP contribution in [-0.2, 0) is 13.0 Å². The van der Waals surface area contributed by atoms with E-state index in [1.54, 1.807) is 11.3 Å². The van der Waals surface area contributed by atoms with E-state index >= 15 is 0 Å². The largest absolute Gasteiger partial charge is 0.488 e. The average molecular weight is 341 g/mol. The maximum atomic E-state index is 5.89. The number of ether oxygens (including phenoxy) is 1. The van der Waals surface area contributed by atoms with Gasteiger partial charge in [0.15, 0.2) is 0 Å². The molecule has 1 aromatic carbocycles. The minimum Gasteiger partial charge on any atom is -0.488 e. The molecule has 0 aliphatic carbocycles. The molecule has 0 fully saturated rings. The molecule has 5 heteroatoms. The number of hydrogen-bond donors (Lipinski definition) is 1. The summed E-state index contributed by atoms with van der Waals surface area (Å²) >= 11 is 5.14. The number of nitrogens with zero attached hydrogens (tertiary/aromatic N) is 1. The molecule has 0 bridgehead atoms. The van der Waals surface area contributed by atoms with E-state index < -0.39 is 0 Å². The highest BCUT2D eigenvalue weighted by Gasteiger charge is 2.08. The molecule has 0 amide bonds. The second-order valence-electron chi connectivity index (χ2n) is 4.57. The van der Waals surface area contributed by atoms with Gasteiger partial charge in [-0.15, -0.1) is 11.3 Å². The van der Waals surface area contributed by atoms with Gasteiger partial charge in [0.2, 0.25) is 0 Å². The van der Waals surface area contributed by atoms with Crippen LogP contribution < -0.4 is 10.5 Å². The molecule has 1 unspecified atom stereocenters. The topological polar surface area (TPSA) is 48.1 Å². The second kappa shape index (κ2) is 6.50. The first-order valence-electron chi connectivity index (χ1n) is 6.12. The Morgan fingerprint density at radius 2 is 2.26 bits per heavy atom. The number of aromatic nitrogens is 1. The minimum atomic E-state index is 0.113. The Bertz CT molecular complexity index is 554. The lowest BCUT2D eigenvalue weighted by Gasteiger charge is -2.13. The van der Waals surface area contributed by atoms with E-state index in [9.17, 15) is 0 Å². The molecule has 0 radical (unpaired) electrons. The Morgan fingerprint density at radius 3 is 2.89 bits per heavy atom.